The zero-order chi connectivity index (χ0) is 21.3. The van der Waals surface area contributed by atoms with E-state index in [0.717, 1.165) is 21.6 Å². The van der Waals surface area contributed by atoms with Crippen LogP contribution in [-0.2, 0) is 29.2 Å². The van der Waals surface area contributed by atoms with Crippen LogP contribution >= 0.6 is 0 Å². The highest BCUT2D eigenvalue weighted by Gasteiger charge is 2.44. The predicted octanol–water partition coefficient (Wildman–Crippen LogP) is 0.836. The highest BCUT2D eigenvalue weighted by Crippen LogP contribution is 2.28. The summed E-state index contributed by atoms with van der Waals surface area (Å²) in [5.41, 5.74) is 9.22. The van der Waals surface area contributed by atoms with Gasteiger partial charge in [0.1, 0.15) is 6.04 Å². The molecule has 0 bridgehead atoms. The molecule has 30 heavy (non-hydrogen) atoms. The molecule has 8 nitrogen and oxygen atoms in total. The van der Waals surface area contributed by atoms with Gasteiger partial charge in [-0.25, -0.2) is 0 Å². The molecule has 0 saturated carbocycles. The fraction of sp³-hybridized carbons (Fsp3) is 0.273. The zero-order valence-corrected chi connectivity index (χ0v) is 16.3. The van der Waals surface area contributed by atoms with Crippen molar-refractivity contribution < 1.29 is 19.2 Å². The summed E-state index contributed by atoms with van der Waals surface area (Å²) < 4.78 is 0. The third-order valence-corrected chi connectivity index (χ3v) is 5.42. The van der Waals surface area contributed by atoms with Crippen molar-refractivity contribution in [3.8, 4) is 0 Å². The highest BCUT2D eigenvalue weighted by atomic mass is 16.2. The fourth-order valence-electron chi connectivity index (χ4n) is 3.77. The van der Waals surface area contributed by atoms with Gasteiger partial charge in [-0.15, -0.1) is 0 Å². The Hall–Kier alpha value is -3.36. The van der Waals surface area contributed by atoms with Gasteiger partial charge in [-0.1, -0.05) is 30.3 Å². The molecule has 0 spiro atoms. The molecule has 2 aromatic carbocycles. The van der Waals surface area contributed by atoms with Crippen LogP contribution in [0.15, 0.2) is 42.5 Å². The van der Waals surface area contributed by atoms with Crippen LogP contribution in [0.3, 0.4) is 0 Å². The summed E-state index contributed by atoms with van der Waals surface area (Å²) in [4.78, 5) is 50.0. The van der Waals surface area contributed by atoms with E-state index in [2.05, 4.69) is 10.6 Å². The van der Waals surface area contributed by atoms with Gasteiger partial charge in [0, 0.05) is 26.1 Å². The van der Waals surface area contributed by atoms with Crippen molar-refractivity contribution in [1.29, 1.82) is 0 Å². The third-order valence-electron chi connectivity index (χ3n) is 5.42. The van der Waals surface area contributed by atoms with E-state index in [9.17, 15) is 19.2 Å². The molecule has 1 atom stereocenters. The molecule has 0 aliphatic carbocycles. The van der Waals surface area contributed by atoms with Gasteiger partial charge in [0.25, 0.3) is 11.8 Å². The Morgan fingerprint density at radius 1 is 0.900 bits per heavy atom. The molecule has 154 valence electrons. The highest BCUT2D eigenvalue weighted by molar-refractivity contribution is 6.23. The van der Waals surface area contributed by atoms with Crippen LogP contribution < -0.4 is 16.4 Å². The molecule has 0 aromatic heterocycles. The number of piperidine rings is 1. The molecule has 2 aliphatic heterocycles. The number of imide groups is 2. The van der Waals surface area contributed by atoms with Crippen LogP contribution in [0.25, 0.3) is 0 Å². The molecule has 4 N–H and O–H groups in total. The predicted molar refractivity (Wildman–Crippen MR) is 108 cm³/mol. The van der Waals surface area contributed by atoms with Crippen molar-refractivity contribution in [3.63, 3.8) is 0 Å². The summed E-state index contributed by atoms with van der Waals surface area (Å²) in [5, 5.41) is 5.51. The second-order valence-corrected chi connectivity index (χ2v) is 7.45. The molecule has 1 unspecified atom stereocenters. The van der Waals surface area contributed by atoms with Crippen molar-refractivity contribution >= 4 is 23.6 Å². The summed E-state index contributed by atoms with van der Waals surface area (Å²) in [6.45, 7) is 1.68. The smallest absolute Gasteiger partial charge is 0.262 e. The first kappa shape index (κ1) is 19.9. The number of benzene rings is 2. The Bertz CT molecular complexity index is 1030. The van der Waals surface area contributed by atoms with Crippen molar-refractivity contribution in [2.45, 2.75) is 38.5 Å². The summed E-state index contributed by atoms with van der Waals surface area (Å²) >= 11 is 0. The van der Waals surface area contributed by atoms with Gasteiger partial charge >= 0.3 is 0 Å². The largest absolute Gasteiger partial charge is 0.326 e. The normalized spacial score (nSPS) is 18.6. The van der Waals surface area contributed by atoms with Crippen molar-refractivity contribution in [3.05, 3.63) is 70.3 Å². The van der Waals surface area contributed by atoms with Gasteiger partial charge in [0.2, 0.25) is 11.8 Å². The lowest BCUT2D eigenvalue weighted by atomic mass is 10.0. The second kappa shape index (κ2) is 8.17. The molecule has 1 saturated heterocycles. The van der Waals surface area contributed by atoms with Gasteiger partial charge in [-0.2, -0.15) is 0 Å². The van der Waals surface area contributed by atoms with E-state index in [4.69, 9.17) is 5.73 Å². The average Bonchev–Trinajstić information content (AvgIpc) is 2.99. The number of amides is 4. The van der Waals surface area contributed by atoms with Crippen molar-refractivity contribution in [1.82, 2.24) is 15.5 Å². The Labute approximate surface area is 173 Å². The lowest BCUT2D eigenvalue weighted by Gasteiger charge is -2.27. The van der Waals surface area contributed by atoms with Crippen molar-refractivity contribution in [2.75, 3.05) is 0 Å². The van der Waals surface area contributed by atoms with Crippen molar-refractivity contribution in [2.24, 2.45) is 5.73 Å². The van der Waals surface area contributed by atoms with Crippen LogP contribution in [0.5, 0.6) is 0 Å². The van der Waals surface area contributed by atoms with Crippen LogP contribution in [0, 0.1) is 0 Å². The number of carbonyl (C=O) groups excluding carboxylic acids is 4. The molecule has 2 aromatic rings. The van der Waals surface area contributed by atoms with Crippen LogP contribution in [-0.4, -0.2) is 34.6 Å². The number of nitrogens with one attached hydrogen (secondary N) is 2. The van der Waals surface area contributed by atoms with Crippen LogP contribution in [0.4, 0.5) is 0 Å². The molecular weight excluding hydrogens is 384 g/mol. The fourth-order valence-corrected chi connectivity index (χ4v) is 3.77. The number of fused-ring (bicyclic) bond motifs is 1. The molecule has 0 radical (unpaired) electrons. The maximum atomic E-state index is 12.9. The van der Waals surface area contributed by atoms with E-state index in [1.165, 1.54) is 0 Å². The third kappa shape index (κ3) is 3.74. The Morgan fingerprint density at radius 3 is 2.23 bits per heavy atom. The van der Waals surface area contributed by atoms with Gasteiger partial charge in [-0.3, -0.25) is 29.4 Å². The van der Waals surface area contributed by atoms with Crippen LogP contribution in [0.1, 0.15) is 50.2 Å². The first-order chi connectivity index (χ1) is 14.5. The number of nitrogens with zero attached hydrogens (tertiary/aromatic N) is 1. The number of hydrogen-bond donors (Lipinski definition) is 3. The van der Waals surface area contributed by atoms with E-state index >= 15 is 0 Å². The molecule has 1 fully saturated rings. The first-order valence-electron chi connectivity index (χ1n) is 9.81. The molecule has 2 aliphatic rings. The van der Waals surface area contributed by atoms with Gasteiger partial charge in [-0.05, 0) is 35.2 Å². The summed E-state index contributed by atoms with van der Waals surface area (Å²) in [6, 6.07) is 12.1. The summed E-state index contributed by atoms with van der Waals surface area (Å²) in [5.74, 6) is -1.99. The molecule has 4 amide bonds. The van der Waals surface area contributed by atoms with E-state index in [1.54, 1.807) is 18.2 Å². The zero-order valence-electron chi connectivity index (χ0n) is 16.3. The topological polar surface area (TPSA) is 122 Å². The Balaban J connectivity index is 1.43. The minimum Gasteiger partial charge on any atom is -0.326 e. The number of rotatable bonds is 6. The summed E-state index contributed by atoms with van der Waals surface area (Å²) in [7, 11) is 0. The minimum atomic E-state index is -0.951. The maximum absolute atomic E-state index is 12.9. The molecule has 2 heterocycles. The molecular formula is C22H22N4O4. The van der Waals surface area contributed by atoms with E-state index in [0.29, 0.717) is 19.6 Å². The maximum Gasteiger partial charge on any atom is 0.262 e. The first-order valence-corrected chi connectivity index (χ1v) is 9.81. The molecule has 8 heteroatoms. The molecule has 4 rings (SSSR count). The van der Waals surface area contributed by atoms with Gasteiger partial charge in [0.05, 0.1) is 11.1 Å². The number of hydrogen-bond acceptors (Lipinski definition) is 6. The van der Waals surface area contributed by atoms with Gasteiger partial charge < -0.3 is 11.1 Å². The van der Waals surface area contributed by atoms with Gasteiger partial charge in [0.15, 0.2) is 0 Å². The number of nitrogens with two attached hydrogens (primary N) is 1. The van der Waals surface area contributed by atoms with Crippen LogP contribution in [0.2, 0.25) is 0 Å². The Morgan fingerprint density at radius 2 is 1.53 bits per heavy atom. The lowest BCUT2D eigenvalue weighted by Crippen LogP contribution is -2.54. The standard InChI is InChI=1S/C22H22N4O4/c23-10-13-1-3-14(4-2-13)11-24-12-15-5-6-16-17(9-15)22(30)26(21(16)29)18-7-8-19(27)25-20(18)28/h1-6,9,18,24H,7-8,10-12,23H2,(H,25,27,28). The quantitative estimate of drug-likeness (QED) is 0.611. The SMILES string of the molecule is NCc1ccc(CNCc2ccc3c(c2)C(=O)N(C2CCC(=O)NC2=O)C3=O)cc1. The average molecular weight is 406 g/mol. The van der Waals surface area contributed by atoms with E-state index < -0.39 is 23.8 Å². The monoisotopic (exact) mass is 406 g/mol. The second-order valence-electron chi connectivity index (χ2n) is 7.45. The Kier molecular flexibility index (Phi) is 5.43. The minimum absolute atomic E-state index is 0.102. The van der Waals surface area contributed by atoms with E-state index in [1.807, 2.05) is 24.3 Å². The lowest BCUT2D eigenvalue weighted by molar-refractivity contribution is -0.136. The number of carbonyl (C=O) groups is 4. The van der Waals surface area contributed by atoms with E-state index in [-0.39, 0.29) is 29.9 Å². The summed E-state index contributed by atoms with van der Waals surface area (Å²) in [6.07, 6.45) is 0.249.